The van der Waals surface area contributed by atoms with Gasteiger partial charge in [-0.3, -0.25) is 0 Å². The Hall–Kier alpha value is -4.30. The molecule has 0 spiro atoms. The predicted octanol–water partition coefficient (Wildman–Crippen LogP) is 6.16. The number of hydrogen-bond acceptors (Lipinski definition) is 8. The number of benzene rings is 2. The van der Waals surface area contributed by atoms with E-state index in [1.54, 1.807) is 44.2 Å². The fourth-order valence-corrected chi connectivity index (χ4v) is 5.58. The first-order chi connectivity index (χ1) is 19.2. The van der Waals surface area contributed by atoms with Crippen LogP contribution in [0.25, 0.3) is 27.7 Å². The topological polar surface area (TPSA) is 108 Å². The van der Waals surface area contributed by atoms with Crippen LogP contribution in [-0.2, 0) is 10.2 Å². The molecule has 0 fully saturated rings. The first-order valence-corrected chi connectivity index (χ1v) is 13.5. The van der Waals surface area contributed by atoms with Crippen LogP contribution >= 0.6 is 0 Å². The molecule has 2 aliphatic rings. The zero-order valence-corrected chi connectivity index (χ0v) is 23.9. The fourth-order valence-electron chi connectivity index (χ4n) is 5.58. The van der Waals surface area contributed by atoms with Gasteiger partial charge >= 0.3 is 11.3 Å². The van der Waals surface area contributed by atoms with Crippen molar-refractivity contribution in [2.45, 2.75) is 70.4 Å². The van der Waals surface area contributed by atoms with Crippen LogP contribution in [-0.4, -0.2) is 22.4 Å². The molecule has 4 aromatic rings. The molecule has 0 saturated heterocycles. The maximum Gasteiger partial charge on any atom is 0.336 e. The highest BCUT2D eigenvalue weighted by Gasteiger charge is 2.47. The summed E-state index contributed by atoms with van der Waals surface area (Å²) in [4.78, 5) is 24.5. The quantitative estimate of drug-likeness (QED) is 0.235. The van der Waals surface area contributed by atoms with Crippen molar-refractivity contribution in [2.24, 2.45) is 0 Å². The summed E-state index contributed by atoms with van der Waals surface area (Å²) in [5, 5.41) is 13.0. The second kappa shape index (κ2) is 8.85. The first-order valence-electron chi connectivity index (χ1n) is 13.5. The van der Waals surface area contributed by atoms with Gasteiger partial charge < -0.3 is 28.2 Å². The third-order valence-corrected chi connectivity index (χ3v) is 7.82. The van der Waals surface area contributed by atoms with E-state index in [2.05, 4.69) is 6.58 Å². The van der Waals surface area contributed by atoms with Gasteiger partial charge in [-0.15, -0.1) is 6.58 Å². The number of fused-ring (bicyclic) bond motifs is 5. The first kappa shape index (κ1) is 26.9. The second-order valence-corrected chi connectivity index (χ2v) is 12.3. The molecule has 41 heavy (non-hydrogen) atoms. The summed E-state index contributed by atoms with van der Waals surface area (Å²) in [6, 6.07) is 11.5. The van der Waals surface area contributed by atoms with Crippen LogP contribution in [0.5, 0.6) is 11.5 Å². The Balaban J connectivity index is 1.61. The highest BCUT2D eigenvalue weighted by atomic mass is 16.6. The number of aliphatic hydroxyl groups excluding tert-OH is 1. The third kappa shape index (κ3) is 4.34. The minimum absolute atomic E-state index is 0.287. The summed E-state index contributed by atoms with van der Waals surface area (Å²) in [6.45, 7) is 15.3. The van der Waals surface area contributed by atoms with Crippen LogP contribution in [0.15, 0.2) is 79.6 Å². The SMILES string of the molecule is C=CC(C)(C)c1c2c(cc3ccc(=O)oc13)C(OC1c3c(ccc4ccc(=O)oc34)OC(C)(C)C1O)=CC(C)(C)O2. The van der Waals surface area contributed by atoms with E-state index < -0.39 is 40.1 Å². The lowest BCUT2D eigenvalue weighted by molar-refractivity contribution is -0.110. The van der Waals surface area contributed by atoms with Crippen molar-refractivity contribution in [3.8, 4) is 11.5 Å². The molecule has 1 N–H and O–H groups in total. The Bertz CT molecular complexity index is 1890. The molecule has 4 heterocycles. The lowest BCUT2D eigenvalue weighted by Crippen LogP contribution is -2.49. The molecule has 2 unspecified atom stereocenters. The molecule has 0 radical (unpaired) electrons. The summed E-state index contributed by atoms with van der Waals surface area (Å²) >= 11 is 0. The van der Waals surface area contributed by atoms with Gasteiger partial charge in [0.05, 0.1) is 11.1 Å². The predicted molar refractivity (Wildman–Crippen MR) is 155 cm³/mol. The van der Waals surface area contributed by atoms with Crippen LogP contribution in [0.4, 0.5) is 0 Å². The van der Waals surface area contributed by atoms with Gasteiger partial charge in [-0.25, -0.2) is 9.59 Å². The summed E-state index contributed by atoms with van der Waals surface area (Å²) < 4.78 is 30.8. The Morgan fingerprint density at radius 2 is 1.56 bits per heavy atom. The van der Waals surface area contributed by atoms with E-state index in [4.69, 9.17) is 23.0 Å². The Kier molecular flexibility index (Phi) is 5.81. The molecule has 2 atom stereocenters. The van der Waals surface area contributed by atoms with Gasteiger partial charge in [0.25, 0.3) is 0 Å². The smallest absolute Gasteiger partial charge is 0.336 e. The van der Waals surface area contributed by atoms with E-state index in [1.165, 1.54) is 12.1 Å². The van der Waals surface area contributed by atoms with Crippen molar-refractivity contribution in [1.29, 1.82) is 0 Å². The molecular weight excluding hydrogens is 524 g/mol. The number of hydrogen-bond donors (Lipinski definition) is 1. The highest BCUT2D eigenvalue weighted by Crippen LogP contribution is 2.51. The average molecular weight is 557 g/mol. The van der Waals surface area contributed by atoms with Gasteiger partial charge in [0, 0.05) is 40.0 Å². The lowest BCUT2D eigenvalue weighted by atomic mass is 9.80. The summed E-state index contributed by atoms with van der Waals surface area (Å²) in [6.07, 6.45) is 1.53. The highest BCUT2D eigenvalue weighted by molar-refractivity contribution is 5.90. The van der Waals surface area contributed by atoms with Gasteiger partial charge in [-0.2, -0.15) is 0 Å². The van der Waals surface area contributed by atoms with Crippen molar-refractivity contribution < 1.29 is 28.2 Å². The molecule has 8 nitrogen and oxygen atoms in total. The molecule has 2 aromatic heterocycles. The summed E-state index contributed by atoms with van der Waals surface area (Å²) in [7, 11) is 0. The maximum atomic E-state index is 12.3. The van der Waals surface area contributed by atoms with E-state index in [0.717, 1.165) is 0 Å². The van der Waals surface area contributed by atoms with Gasteiger partial charge in [-0.05, 0) is 58.0 Å². The Labute approximate surface area is 236 Å². The maximum absolute atomic E-state index is 12.3. The number of allylic oxidation sites excluding steroid dienone is 1. The molecule has 2 aliphatic heterocycles. The molecule has 6 rings (SSSR count). The molecule has 0 aliphatic carbocycles. The van der Waals surface area contributed by atoms with Crippen LogP contribution in [0, 0.1) is 0 Å². The molecule has 0 bridgehead atoms. The van der Waals surface area contributed by atoms with Gasteiger partial charge in [0.2, 0.25) is 0 Å². The minimum Gasteiger partial charge on any atom is -0.484 e. The largest absolute Gasteiger partial charge is 0.484 e. The van der Waals surface area contributed by atoms with Crippen molar-refractivity contribution in [3.05, 3.63) is 98.7 Å². The van der Waals surface area contributed by atoms with Gasteiger partial charge in [0.15, 0.2) is 6.10 Å². The normalized spacial score (nSPS) is 20.8. The lowest BCUT2D eigenvalue weighted by Gasteiger charge is -2.43. The molecule has 212 valence electrons. The van der Waals surface area contributed by atoms with Gasteiger partial charge in [0.1, 0.15) is 45.7 Å². The molecule has 0 amide bonds. The van der Waals surface area contributed by atoms with E-state index in [1.807, 2.05) is 39.8 Å². The second-order valence-electron chi connectivity index (χ2n) is 12.3. The molecule has 8 heteroatoms. The van der Waals surface area contributed by atoms with E-state index in [9.17, 15) is 14.7 Å². The van der Waals surface area contributed by atoms with E-state index in [0.29, 0.717) is 50.3 Å². The summed E-state index contributed by atoms with van der Waals surface area (Å²) in [5.41, 5.74) is -1.09. The monoisotopic (exact) mass is 556 g/mol. The molecule has 2 aromatic carbocycles. The Morgan fingerprint density at radius 3 is 2.24 bits per heavy atom. The standard InChI is InChI=1S/C33H32O8/c1-8-31(2,3)25-27-18(11-14-23(35)39-27)15-19-21(16-32(4,5)41-28(19)25)37-29-24-20(40-33(6,7)30(29)36)12-9-17-10-13-22(34)38-26(17)24/h8-16,29-30,36H,1H2,2-7H3. The zero-order chi connectivity index (χ0) is 29.5. The van der Waals surface area contributed by atoms with Gasteiger partial charge in [-0.1, -0.05) is 19.9 Å². The van der Waals surface area contributed by atoms with Crippen LogP contribution in [0.3, 0.4) is 0 Å². The van der Waals surface area contributed by atoms with Crippen molar-refractivity contribution >= 4 is 27.7 Å². The number of ether oxygens (including phenoxy) is 3. The summed E-state index contributed by atoms with van der Waals surface area (Å²) in [5.74, 6) is 1.39. The zero-order valence-electron chi connectivity index (χ0n) is 23.9. The number of aliphatic hydroxyl groups is 1. The fraction of sp³-hybridized carbons (Fsp3) is 0.333. The minimum atomic E-state index is -1.14. The average Bonchev–Trinajstić information content (AvgIpc) is 2.89. The number of rotatable bonds is 4. The molecular formula is C33H32O8. The third-order valence-electron chi connectivity index (χ3n) is 7.82. The molecule has 0 saturated carbocycles. The van der Waals surface area contributed by atoms with E-state index >= 15 is 0 Å². The van der Waals surface area contributed by atoms with Crippen molar-refractivity contribution in [3.63, 3.8) is 0 Å². The van der Waals surface area contributed by atoms with Crippen molar-refractivity contribution in [2.75, 3.05) is 0 Å². The Morgan fingerprint density at radius 1 is 0.927 bits per heavy atom. The van der Waals surface area contributed by atoms with Crippen molar-refractivity contribution in [1.82, 2.24) is 0 Å². The van der Waals surface area contributed by atoms with Crippen LogP contribution < -0.4 is 20.7 Å². The van der Waals surface area contributed by atoms with E-state index in [-0.39, 0.29) is 5.58 Å². The van der Waals surface area contributed by atoms with Crippen LogP contribution in [0.2, 0.25) is 0 Å². The van der Waals surface area contributed by atoms with Crippen LogP contribution in [0.1, 0.15) is 64.3 Å².